The van der Waals surface area contributed by atoms with Gasteiger partial charge >= 0.3 is 11.9 Å². The van der Waals surface area contributed by atoms with Crippen LogP contribution in [-0.2, 0) is 80.6 Å². The van der Waals surface area contributed by atoms with Crippen molar-refractivity contribution in [3.63, 3.8) is 0 Å². The molecule has 14 fully saturated rings. The minimum atomic E-state index is -1.39. The van der Waals surface area contributed by atoms with Crippen LogP contribution in [0.3, 0.4) is 0 Å². The summed E-state index contributed by atoms with van der Waals surface area (Å²) < 4.78 is 102. The lowest BCUT2D eigenvalue weighted by molar-refractivity contribution is -0.371. The molecule has 4 N–H and O–H groups in total. The van der Waals surface area contributed by atoms with Gasteiger partial charge in [0.1, 0.15) is 43.4 Å². The molecule has 0 aliphatic carbocycles. The Balaban J connectivity index is 0.697. The molecule has 14 aliphatic rings. The Morgan fingerprint density at radius 3 is 2.10 bits per heavy atom. The van der Waals surface area contributed by atoms with Gasteiger partial charge in [0, 0.05) is 63.7 Å². The number of fused-ring (bicyclic) bond motifs is 13. The summed E-state index contributed by atoms with van der Waals surface area (Å²) in [4.78, 5) is 26.2. The van der Waals surface area contributed by atoms with Gasteiger partial charge in [-0.2, -0.15) is 0 Å². The molecule has 81 heavy (non-hydrogen) atoms. The van der Waals surface area contributed by atoms with Crippen LogP contribution >= 0.6 is 0 Å². The van der Waals surface area contributed by atoms with Gasteiger partial charge in [-0.1, -0.05) is 40.9 Å². The van der Waals surface area contributed by atoms with E-state index in [1.807, 2.05) is 0 Å². The van der Waals surface area contributed by atoms with Crippen LogP contribution in [0, 0.1) is 23.7 Å². The molecule has 14 saturated heterocycles. The minimum Gasteiger partial charge on any atom is -0.481 e. The molecular weight excluding hydrogens is 1060 g/mol. The molecule has 0 saturated carbocycles. The van der Waals surface area contributed by atoms with E-state index >= 15 is 0 Å². The topological polar surface area (TPSA) is 254 Å². The monoisotopic (exact) mass is 1140 g/mol. The predicted octanol–water partition coefficient (Wildman–Crippen LogP) is 4.59. The van der Waals surface area contributed by atoms with E-state index in [1.165, 1.54) is 0 Å². The Kier molecular flexibility index (Phi) is 15.0. The fourth-order valence-electron chi connectivity index (χ4n) is 17.8. The fourth-order valence-corrected chi connectivity index (χ4v) is 17.8. The minimum absolute atomic E-state index is 0.00707. The maximum atomic E-state index is 14.6. The number of carboxylic acid groups (broad SMARTS) is 1. The number of hydrogen-bond acceptors (Lipinski definition) is 20. The highest BCUT2D eigenvalue weighted by molar-refractivity contribution is 5.70. The maximum Gasteiger partial charge on any atom is 0.308 e. The first kappa shape index (κ1) is 56.5. The molecule has 1 unspecified atom stereocenters. The number of rotatable bonds is 4. The third-order valence-corrected chi connectivity index (χ3v) is 21.6. The van der Waals surface area contributed by atoms with Crippen LogP contribution in [0.25, 0.3) is 0 Å². The van der Waals surface area contributed by atoms with Crippen molar-refractivity contribution in [3.05, 3.63) is 24.3 Å². The highest BCUT2D eigenvalue weighted by Gasteiger charge is 2.67. The quantitative estimate of drug-likeness (QED) is 0.171. The Labute approximate surface area is 473 Å². The number of aliphatic carboxylic acids is 1. The first-order chi connectivity index (χ1) is 38.8. The molecule has 14 aliphatic heterocycles. The average Bonchev–Trinajstić information content (AvgIpc) is 4.14. The van der Waals surface area contributed by atoms with E-state index < -0.39 is 128 Å². The molecule has 0 aromatic heterocycles. The summed E-state index contributed by atoms with van der Waals surface area (Å²) >= 11 is 0. The number of aliphatic hydroxyl groups excluding tert-OH is 3. The van der Waals surface area contributed by atoms with Crippen LogP contribution in [0.2, 0.25) is 0 Å². The average molecular weight is 1140 g/mol. The second-order valence-corrected chi connectivity index (χ2v) is 27.2. The smallest absolute Gasteiger partial charge is 0.308 e. The molecule has 0 radical (unpaired) electrons. The summed E-state index contributed by atoms with van der Waals surface area (Å²) in [5, 5.41) is 42.3. The first-order valence-corrected chi connectivity index (χ1v) is 30.8. The molecule has 14 rings (SSSR count). The van der Waals surface area contributed by atoms with Crippen molar-refractivity contribution in [1.82, 2.24) is 0 Å². The van der Waals surface area contributed by atoms with Gasteiger partial charge in [-0.05, 0) is 73.8 Å². The number of ether oxygens (including phenoxy) is 15. The highest BCUT2D eigenvalue weighted by atomic mass is 16.8. The van der Waals surface area contributed by atoms with E-state index in [1.54, 1.807) is 0 Å². The van der Waals surface area contributed by atoms with Crippen molar-refractivity contribution in [2.45, 2.75) is 307 Å². The molecule has 14 heterocycles. The Hall–Kier alpha value is -2.26. The van der Waals surface area contributed by atoms with Gasteiger partial charge in [0.15, 0.2) is 17.4 Å². The van der Waals surface area contributed by atoms with Crippen molar-refractivity contribution in [2.24, 2.45) is 23.7 Å². The number of carbonyl (C=O) groups excluding carboxylic acids is 1. The number of esters is 1. The predicted molar refractivity (Wildman–Crippen MR) is 278 cm³/mol. The normalized spacial score (nSPS) is 55.9. The molecule has 0 amide bonds. The van der Waals surface area contributed by atoms with E-state index in [2.05, 4.69) is 40.9 Å². The Morgan fingerprint density at radius 2 is 1.28 bits per heavy atom. The molecule has 21 nitrogen and oxygen atoms in total. The highest BCUT2D eigenvalue weighted by Crippen LogP contribution is 2.57. The summed E-state index contributed by atoms with van der Waals surface area (Å²) in [5.41, 5.74) is 2.01. The molecule has 0 aromatic carbocycles. The van der Waals surface area contributed by atoms with Crippen LogP contribution in [0.15, 0.2) is 24.3 Å². The van der Waals surface area contributed by atoms with Crippen LogP contribution < -0.4 is 0 Å². The lowest BCUT2D eigenvalue weighted by Gasteiger charge is -2.54. The van der Waals surface area contributed by atoms with Gasteiger partial charge in [0.2, 0.25) is 0 Å². The van der Waals surface area contributed by atoms with Gasteiger partial charge in [0.25, 0.3) is 0 Å². The van der Waals surface area contributed by atoms with Crippen molar-refractivity contribution < 1.29 is 101 Å². The van der Waals surface area contributed by atoms with E-state index in [9.17, 15) is 30.0 Å². The van der Waals surface area contributed by atoms with E-state index in [0.29, 0.717) is 70.6 Å². The molecule has 10 bridgehead atoms. The first-order valence-electron chi connectivity index (χ1n) is 30.8. The van der Waals surface area contributed by atoms with Gasteiger partial charge in [0.05, 0.1) is 123 Å². The van der Waals surface area contributed by atoms with Crippen molar-refractivity contribution >= 4 is 11.9 Å². The second-order valence-electron chi connectivity index (χ2n) is 27.2. The maximum absolute atomic E-state index is 14.6. The largest absolute Gasteiger partial charge is 0.481 e. The van der Waals surface area contributed by atoms with Gasteiger partial charge in [-0.15, -0.1) is 0 Å². The number of hydrogen-bond donors (Lipinski definition) is 4. The third-order valence-electron chi connectivity index (χ3n) is 21.6. The third kappa shape index (κ3) is 10.2. The molecule has 31 atom stereocenters. The summed E-state index contributed by atoms with van der Waals surface area (Å²) in [6.45, 7) is 17.0. The van der Waals surface area contributed by atoms with Gasteiger partial charge in [-0.25, -0.2) is 0 Å². The standard InChI is InChI=1S/C60H86O21/c1-26-13-32-7-9-36-27(2)14-34(68-36)11-12-60-47(63)19-44(79-60)55-56(67-25-61)57(81-60)54-37(72-55)10-8-33(70-54)15-49(66)75-53-31(6)52-42(71-41(53)17-38(69-32)30(26)5)18-40-45(74-52)23-59(76-40)24-46-51(80-59)29(4)22-58(78-46)21-28(3)50-43(77-58)16-35(62)39(73-50)20-48(64)65/h26,28-29,31-47,50-57,61-63H,2,5,7-25H2,1,3-4,6H3,(H,64,65)/t26-,28+,29+,31+,32+,33-,34+,35-,36+,37+,38-,39-,40-,41+,42+,43+,44?,45-,46+,47-,50+,51+,52+,53-,54+,55+,56-,57+,58-,59+,60+/m1/s1. The summed E-state index contributed by atoms with van der Waals surface area (Å²) in [6.07, 6.45) is -3.77. The summed E-state index contributed by atoms with van der Waals surface area (Å²) in [7, 11) is 0. The summed E-state index contributed by atoms with van der Waals surface area (Å²) in [5.74, 6) is -4.83. The lowest BCUT2D eigenvalue weighted by Crippen LogP contribution is -2.65. The van der Waals surface area contributed by atoms with Crippen LogP contribution in [-0.4, -0.2) is 203 Å². The van der Waals surface area contributed by atoms with E-state index in [-0.39, 0.29) is 104 Å². The molecular formula is C60H86O21. The van der Waals surface area contributed by atoms with Crippen molar-refractivity contribution in [2.75, 3.05) is 6.79 Å². The number of carboxylic acids is 1. The summed E-state index contributed by atoms with van der Waals surface area (Å²) in [6, 6.07) is 0. The second kappa shape index (κ2) is 21.6. The SMILES string of the molecule is C=C1C[C@@H]2CC[C@@]34OC(C[C@H]3O)[C@@H]3O[C@H]5CC[C@H](CC(=O)O[C@@H]6[C@@H](C)[C@@H]7O[C@@H]8C[C@]9(C[C@@H]%10O[C@]%11(C[C@H](C)[C@@H]%12O[C@H](CC(=O)O)[C@H](O)C[C@@H]%12O%11)C[C@H](C)[C@@H]%10O9)O[C@@H]8C[C@@H]7O[C@H]6C[C@H]6O[C@@H](CC[C@@H]1O2)C[C@@H](C)C6=C)O[C@@H]5[C@H](O4)[C@@H]3OCO. The van der Waals surface area contributed by atoms with Crippen LogP contribution in [0.1, 0.15) is 143 Å². The molecule has 0 aromatic rings. The van der Waals surface area contributed by atoms with Gasteiger partial charge in [-0.3, -0.25) is 9.59 Å². The molecule has 3 spiro atoms. The lowest BCUT2D eigenvalue weighted by atomic mass is 9.78. The van der Waals surface area contributed by atoms with E-state index in [0.717, 1.165) is 30.4 Å². The Morgan fingerprint density at radius 1 is 0.580 bits per heavy atom. The van der Waals surface area contributed by atoms with Crippen LogP contribution in [0.4, 0.5) is 0 Å². The zero-order chi connectivity index (χ0) is 56.0. The zero-order valence-electron chi connectivity index (χ0n) is 47.2. The van der Waals surface area contributed by atoms with Gasteiger partial charge < -0.3 is 91.5 Å². The van der Waals surface area contributed by atoms with Crippen LogP contribution in [0.5, 0.6) is 0 Å². The molecule has 21 heteroatoms. The fraction of sp³-hybridized carbons (Fsp3) is 0.900. The zero-order valence-corrected chi connectivity index (χ0v) is 47.2. The Bertz CT molecular complexity index is 2390. The van der Waals surface area contributed by atoms with Crippen molar-refractivity contribution in [1.29, 1.82) is 0 Å². The molecule has 452 valence electrons. The number of aliphatic hydroxyl groups is 3. The van der Waals surface area contributed by atoms with Crippen molar-refractivity contribution in [3.8, 4) is 0 Å². The van der Waals surface area contributed by atoms with E-state index in [4.69, 9.17) is 71.1 Å². The number of carbonyl (C=O) groups is 2.